The molecule has 0 aromatic heterocycles. The monoisotopic (exact) mass is 222 g/mol. The van der Waals surface area contributed by atoms with Gasteiger partial charge in [0.2, 0.25) is 0 Å². The number of ether oxygens (including phenoxy) is 1. The van der Waals surface area contributed by atoms with Gasteiger partial charge in [0.1, 0.15) is 12.0 Å². The lowest BCUT2D eigenvalue weighted by Gasteiger charge is -2.14. The minimum absolute atomic E-state index is 0.253. The Balaban J connectivity index is 2.47. The number of aldehydes is 1. The Hall–Kier alpha value is -0.960. The first-order valence-corrected chi connectivity index (χ1v) is 6.17. The molecule has 0 bridgehead atoms. The summed E-state index contributed by atoms with van der Waals surface area (Å²) in [5.41, 5.74) is 0.795. The van der Waals surface area contributed by atoms with Gasteiger partial charge in [-0.3, -0.25) is 0 Å². The molecule has 0 unspecified atom stereocenters. The third-order valence-electron chi connectivity index (χ3n) is 2.96. The van der Waals surface area contributed by atoms with Gasteiger partial charge in [-0.2, -0.15) is 0 Å². The highest BCUT2D eigenvalue weighted by Crippen LogP contribution is 2.50. The van der Waals surface area contributed by atoms with E-state index in [-0.39, 0.29) is 5.41 Å². The Morgan fingerprint density at radius 2 is 2.20 bits per heavy atom. The summed E-state index contributed by atoms with van der Waals surface area (Å²) in [6.07, 6.45) is 5.00. The number of rotatable bonds is 4. The first-order valence-electron chi connectivity index (χ1n) is 4.94. The lowest BCUT2D eigenvalue weighted by Crippen LogP contribution is -2.09. The van der Waals surface area contributed by atoms with Gasteiger partial charge in [-0.25, -0.2) is 0 Å². The number of hydrogen-bond acceptors (Lipinski definition) is 3. The fraction of sp³-hybridized carbons (Fsp3) is 0.417. The summed E-state index contributed by atoms with van der Waals surface area (Å²) in [5, 5.41) is 0. The zero-order valence-electron chi connectivity index (χ0n) is 8.95. The number of carbonyl (C=O) groups excluding carboxylic acids is 1. The van der Waals surface area contributed by atoms with E-state index in [2.05, 4.69) is 6.07 Å². The molecule has 3 heteroatoms. The average molecular weight is 222 g/mol. The number of methoxy groups -OCH3 is 1. The summed E-state index contributed by atoms with van der Waals surface area (Å²) in [4.78, 5) is 12.3. The third kappa shape index (κ3) is 1.76. The van der Waals surface area contributed by atoms with Gasteiger partial charge in [0.25, 0.3) is 0 Å². The van der Waals surface area contributed by atoms with E-state index >= 15 is 0 Å². The Morgan fingerprint density at radius 3 is 2.67 bits per heavy atom. The van der Waals surface area contributed by atoms with Gasteiger partial charge >= 0.3 is 0 Å². The molecule has 0 spiro atoms. The maximum atomic E-state index is 11.1. The molecule has 0 atom stereocenters. The number of hydrogen-bond donors (Lipinski definition) is 0. The van der Waals surface area contributed by atoms with Crippen LogP contribution in [0.15, 0.2) is 23.1 Å². The fourth-order valence-corrected chi connectivity index (χ4v) is 2.23. The summed E-state index contributed by atoms with van der Waals surface area (Å²) in [6.45, 7) is 0. The van der Waals surface area contributed by atoms with Crippen LogP contribution in [0.4, 0.5) is 0 Å². The summed E-state index contributed by atoms with van der Waals surface area (Å²) < 4.78 is 5.30. The molecule has 1 saturated carbocycles. The quantitative estimate of drug-likeness (QED) is 0.578. The first-order chi connectivity index (χ1) is 7.25. The van der Waals surface area contributed by atoms with Crippen LogP contribution in [0, 0.1) is 0 Å². The molecule has 0 aliphatic heterocycles. The van der Waals surface area contributed by atoms with Crippen LogP contribution in [0.2, 0.25) is 0 Å². The summed E-state index contributed by atoms with van der Waals surface area (Å²) in [5.74, 6) is 0.831. The minimum Gasteiger partial charge on any atom is -0.496 e. The third-order valence-corrected chi connectivity index (χ3v) is 3.68. The van der Waals surface area contributed by atoms with E-state index < -0.39 is 0 Å². The zero-order valence-corrected chi connectivity index (χ0v) is 9.76. The minimum atomic E-state index is -0.253. The molecule has 2 rings (SSSR count). The fourth-order valence-electron chi connectivity index (χ4n) is 1.79. The Morgan fingerprint density at radius 1 is 1.47 bits per heavy atom. The molecular weight excluding hydrogens is 208 g/mol. The smallest absolute Gasteiger partial charge is 0.130 e. The van der Waals surface area contributed by atoms with Crippen LogP contribution in [0.25, 0.3) is 0 Å². The molecular formula is C12H14O2S. The molecule has 2 nitrogen and oxygen atoms in total. The van der Waals surface area contributed by atoms with Crippen molar-refractivity contribution in [1.29, 1.82) is 0 Å². The number of benzene rings is 1. The van der Waals surface area contributed by atoms with Gasteiger partial charge in [-0.05, 0) is 37.3 Å². The van der Waals surface area contributed by atoms with Crippen LogP contribution in [0.3, 0.4) is 0 Å². The summed E-state index contributed by atoms with van der Waals surface area (Å²) in [6, 6.07) is 6.05. The Kier molecular flexibility index (Phi) is 2.74. The maximum absolute atomic E-state index is 11.1. The van der Waals surface area contributed by atoms with E-state index in [1.54, 1.807) is 18.9 Å². The van der Waals surface area contributed by atoms with Crippen LogP contribution in [0.5, 0.6) is 5.75 Å². The van der Waals surface area contributed by atoms with E-state index in [0.29, 0.717) is 0 Å². The largest absolute Gasteiger partial charge is 0.496 e. The molecule has 80 valence electrons. The molecule has 0 heterocycles. The van der Waals surface area contributed by atoms with E-state index in [1.165, 1.54) is 4.90 Å². The van der Waals surface area contributed by atoms with Crippen LogP contribution >= 0.6 is 11.8 Å². The molecule has 0 N–H and O–H groups in total. The second-order valence-corrected chi connectivity index (χ2v) is 4.72. The Bertz CT molecular complexity index is 383. The lowest BCUT2D eigenvalue weighted by molar-refractivity contribution is -0.109. The van der Waals surface area contributed by atoms with Gasteiger partial charge < -0.3 is 9.53 Å². The number of thioether (sulfide) groups is 1. The SMILES string of the molecule is COc1ccc(SC)cc1C1(C=O)CC1. The van der Waals surface area contributed by atoms with Crippen molar-refractivity contribution >= 4 is 18.0 Å². The predicted octanol–water partition coefficient (Wildman–Crippen LogP) is 2.65. The summed E-state index contributed by atoms with van der Waals surface area (Å²) in [7, 11) is 1.65. The van der Waals surface area contributed by atoms with Crippen molar-refractivity contribution in [3.05, 3.63) is 23.8 Å². The molecule has 15 heavy (non-hydrogen) atoms. The molecule has 1 fully saturated rings. The van der Waals surface area contributed by atoms with Crippen molar-refractivity contribution in [3.63, 3.8) is 0 Å². The predicted molar refractivity (Wildman–Crippen MR) is 61.8 cm³/mol. The van der Waals surface area contributed by atoms with Crippen molar-refractivity contribution in [2.24, 2.45) is 0 Å². The standard InChI is InChI=1S/C12H14O2S/c1-14-11-4-3-9(15-2)7-10(11)12(8-13)5-6-12/h3-4,7-8H,5-6H2,1-2H3. The molecule has 1 aliphatic carbocycles. The molecule has 1 aromatic rings. The Labute approximate surface area is 94.0 Å². The van der Waals surface area contributed by atoms with Crippen molar-refractivity contribution < 1.29 is 9.53 Å². The van der Waals surface area contributed by atoms with Crippen molar-refractivity contribution in [2.45, 2.75) is 23.2 Å². The van der Waals surface area contributed by atoms with Crippen molar-refractivity contribution in [3.8, 4) is 5.75 Å². The molecule has 1 aromatic carbocycles. The van der Waals surface area contributed by atoms with Gasteiger partial charge in [-0.1, -0.05) is 0 Å². The normalized spacial score (nSPS) is 17.2. The maximum Gasteiger partial charge on any atom is 0.130 e. The van der Waals surface area contributed by atoms with Crippen LogP contribution in [0.1, 0.15) is 18.4 Å². The zero-order chi connectivity index (χ0) is 10.9. The highest BCUT2D eigenvalue weighted by molar-refractivity contribution is 7.98. The average Bonchev–Trinajstić information content (AvgIpc) is 3.09. The molecule has 0 amide bonds. The van der Waals surface area contributed by atoms with Gasteiger partial charge in [-0.15, -0.1) is 11.8 Å². The second kappa shape index (κ2) is 3.89. The van der Waals surface area contributed by atoms with E-state index in [9.17, 15) is 4.79 Å². The van der Waals surface area contributed by atoms with Crippen LogP contribution < -0.4 is 4.74 Å². The van der Waals surface area contributed by atoms with E-state index in [0.717, 1.165) is 30.4 Å². The molecule has 0 radical (unpaired) electrons. The van der Waals surface area contributed by atoms with E-state index in [4.69, 9.17) is 4.74 Å². The highest BCUT2D eigenvalue weighted by Gasteiger charge is 2.46. The van der Waals surface area contributed by atoms with Gasteiger partial charge in [0.05, 0.1) is 12.5 Å². The van der Waals surface area contributed by atoms with Crippen LogP contribution in [-0.4, -0.2) is 19.7 Å². The van der Waals surface area contributed by atoms with Crippen molar-refractivity contribution in [2.75, 3.05) is 13.4 Å². The number of carbonyl (C=O) groups is 1. The molecule has 1 aliphatic rings. The summed E-state index contributed by atoms with van der Waals surface area (Å²) >= 11 is 1.69. The van der Waals surface area contributed by atoms with Gasteiger partial charge in [0.15, 0.2) is 0 Å². The lowest BCUT2D eigenvalue weighted by atomic mass is 9.97. The van der Waals surface area contributed by atoms with Crippen LogP contribution in [-0.2, 0) is 10.2 Å². The van der Waals surface area contributed by atoms with E-state index in [1.807, 2.05) is 18.4 Å². The second-order valence-electron chi connectivity index (χ2n) is 3.84. The topological polar surface area (TPSA) is 26.3 Å². The highest BCUT2D eigenvalue weighted by atomic mass is 32.2. The molecule has 0 saturated heterocycles. The van der Waals surface area contributed by atoms with Crippen molar-refractivity contribution in [1.82, 2.24) is 0 Å². The first kappa shape index (κ1) is 10.6. The van der Waals surface area contributed by atoms with Gasteiger partial charge in [0, 0.05) is 10.5 Å².